The summed E-state index contributed by atoms with van der Waals surface area (Å²) in [5, 5.41) is 6.53. The molecule has 0 bridgehead atoms. The fourth-order valence-electron chi connectivity index (χ4n) is 3.91. The van der Waals surface area contributed by atoms with Crippen LogP contribution in [0.15, 0.2) is 28.7 Å². The fourth-order valence-corrected chi connectivity index (χ4v) is 4.31. The predicted octanol–water partition coefficient (Wildman–Crippen LogP) is 4.04. The average Bonchev–Trinajstić information content (AvgIpc) is 2.52. The normalized spacial score (nSPS) is 21.2. The van der Waals surface area contributed by atoms with Crippen molar-refractivity contribution in [1.29, 1.82) is 0 Å². The Morgan fingerprint density at radius 1 is 1.33 bits per heavy atom. The summed E-state index contributed by atoms with van der Waals surface area (Å²) in [6.45, 7) is 4.79. The highest BCUT2D eigenvalue weighted by atomic mass is 79.9. The second kappa shape index (κ2) is 8.68. The minimum atomic E-state index is 0. The summed E-state index contributed by atoms with van der Waals surface area (Å²) >= 11 is 3.60. The lowest BCUT2D eigenvalue weighted by Gasteiger charge is -2.39. The molecule has 1 aliphatic heterocycles. The summed E-state index contributed by atoms with van der Waals surface area (Å²) in [7, 11) is 0. The van der Waals surface area contributed by atoms with Crippen LogP contribution < -0.4 is 10.6 Å². The molecular formula is C19H28BrClN2O. The number of carbonyl (C=O) groups is 1. The highest BCUT2D eigenvalue weighted by Crippen LogP contribution is 2.39. The molecular weight excluding hydrogens is 388 g/mol. The summed E-state index contributed by atoms with van der Waals surface area (Å²) in [4.78, 5) is 12.5. The van der Waals surface area contributed by atoms with Crippen LogP contribution in [0.5, 0.6) is 0 Å². The Balaban J connectivity index is 0.00000208. The number of hydrogen-bond acceptors (Lipinski definition) is 2. The largest absolute Gasteiger partial charge is 0.355 e. The molecule has 2 N–H and O–H groups in total. The Kier molecular flexibility index (Phi) is 7.14. The Hall–Kier alpha value is -0.580. The third kappa shape index (κ3) is 4.33. The lowest BCUT2D eigenvalue weighted by atomic mass is 9.69. The van der Waals surface area contributed by atoms with E-state index in [2.05, 4.69) is 57.8 Å². The van der Waals surface area contributed by atoms with Crippen molar-refractivity contribution >= 4 is 34.2 Å². The molecule has 0 spiro atoms. The van der Waals surface area contributed by atoms with Gasteiger partial charge in [0.05, 0.1) is 0 Å². The van der Waals surface area contributed by atoms with Crippen LogP contribution in [0.4, 0.5) is 0 Å². The molecule has 3 nitrogen and oxygen atoms in total. The van der Waals surface area contributed by atoms with Crippen LogP contribution in [0, 0.1) is 11.8 Å². The van der Waals surface area contributed by atoms with E-state index in [0.29, 0.717) is 5.92 Å². The van der Waals surface area contributed by atoms with Gasteiger partial charge in [0, 0.05) is 22.4 Å². The second-order valence-electron chi connectivity index (χ2n) is 7.28. The summed E-state index contributed by atoms with van der Waals surface area (Å²) < 4.78 is 1.13. The molecule has 1 aromatic rings. The van der Waals surface area contributed by atoms with Gasteiger partial charge in [-0.15, -0.1) is 12.4 Å². The highest BCUT2D eigenvalue weighted by molar-refractivity contribution is 9.10. The maximum atomic E-state index is 12.5. The van der Waals surface area contributed by atoms with Gasteiger partial charge >= 0.3 is 0 Å². The number of nitrogens with one attached hydrogen (secondary N) is 2. The van der Waals surface area contributed by atoms with Crippen molar-refractivity contribution < 1.29 is 4.79 Å². The topological polar surface area (TPSA) is 41.1 Å². The summed E-state index contributed by atoms with van der Waals surface area (Å²) in [6, 6.07) is 8.64. The molecule has 2 fully saturated rings. The quantitative estimate of drug-likeness (QED) is 0.762. The summed E-state index contributed by atoms with van der Waals surface area (Å²) in [6.07, 6.45) is 6.16. The molecule has 2 aliphatic rings. The Labute approximate surface area is 159 Å². The summed E-state index contributed by atoms with van der Waals surface area (Å²) in [5.74, 6) is 0.832. The van der Waals surface area contributed by atoms with Crippen molar-refractivity contribution in [3.8, 4) is 0 Å². The molecule has 24 heavy (non-hydrogen) atoms. The minimum Gasteiger partial charge on any atom is -0.355 e. The first kappa shape index (κ1) is 19.7. The van der Waals surface area contributed by atoms with Crippen molar-refractivity contribution in [2.75, 3.05) is 19.6 Å². The Morgan fingerprint density at radius 3 is 2.62 bits per heavy atom. The third-order valence-electron chi connectivity index (χ3n) is 5.78. The van der Waals surface area contributed by atoms with Crippen molar-refractivity contribution in [3.05, 3.63) is 34.3 Å². The SMILES string of the molecule is CC(C(=O)NCC1(c2cccc(Br)c2)CCCCC1)C1CNC1.Cl. The molecule has 1 heterocycles. The molecule has 1 amide bonds. The van der Waals surface area contributed by atoms with Gasteiger partial charge in [0.25, 0.3) is 0 Å². The molecule has 0 aromatic heterocycles. The van der Waals surface area contributed by atoms with Crippen LogP contribution in [-0.2, 0) is 10.2 Å². The Morgan fingerprint density at radius 2 is 2.04 bits per heavy atom. The van der Waals surface area contributed by atoms with Gasteiger partial charge in [-0.05, 0) is 49.5 Å². The van der Waals surface area contributed by atoms with Crippen LogP contribution in [0.2, 0.25) is 0 Å². The highest BCUT2D eigenvalue weighted by Gasteiger charge is 2.36. The Bertz CT molecular complexity index is 556. The van der Waals surface area contributed by atoms with E-state index in [1.807, 2.05) is 0 Å². The van der Waals surface area contributed by atoms with E-state index in [4.69, 9.17) is 0 Å². The standard InChI is InChI=1S/C19H27BrN2O.ClH/c1-14(15-11-21-12-15)18(23)22-13-19(8-3-2-4-9-19)16-6-5-7-17(20)10-16;/h5-7,10,14-15,21H,2-4,8-9,11-13H2,1H3,(H,22,23);1H. The number of hydrogen-bond donors (Lipinski definition) is 2. The van der Waals surface area contributed by atoms with Crippen LogP contribution in [0.25, 0.3) is 0 Å². The number of benzene rings is 1. The van der Waals surface area contributed by atoms with E-state index in [-0.39, 0.29) is 29.6 Å². The van der Waals surface area contributed by atoms with Gasteiger partial charge in [0.1, 0.15) is 0 Å². The molecule has 1 saturated heterocycles. The first-order valence-electron chi connectivity index (χ1n) is 8.85. The van der Waals surface area contributed by atoms with Crippen molar-refractivity contribution in [2.45, 2.75) is 44.4 Å². The van der Waals surface area contributed by atoms with Crippen LogP contribution >= 0.6 is 28.3 Å². The van der Waals surface area contributed by atoms with Crippen LogP contribution in [0.1, 0.15) is 44.6 Å². The van der Waals surface area contributed by atoms with E-state index in [1.165, 1.54) is 37.7 Å². The number of halogens is 2. The van der Waals surface area contributed by atoms with E-state index in [9.17, 15) is 4.79 Å². The van der Waals surface area contributed by atoms with Crippen LogP contribution in [-0.4, -0.2) is 25.5 Å². The zero-order chi connectivity index (χ0) is 16.3. The summed E-state index contributed by atoms with van der Waals surface area (Å²) in [5.41, 5.74) is 1.47. The lowest BCUT2D eigenvalue weighted by molar-refractivity contribution is -0.127. The predicted molar refractivity (Wildman–Crippen MR) is 105 cm³/mol. The first-order valence-corrected chi connectivity index (χ1v) is 9.64. The lowest BCUT2D eigenvalue weighted by Crippen LogP contribution is -2.51. The zero-order valence-electron chi connectivity index (χ0n) is 14.3. The zero-order valence-corrected chi connectivity index (χ0v) is 16.7. The van der Waals surface area contributed by atoms with Crippen molar-refractivity contribution in [1.82, 2.24) is 10.6 Å². The molecule has 134 valence electrons. The van der Waals surface area contributed by atoms with E-state index >= 15 is 0 Å². The van der Waals surface area contributed by atoms with E-state index in [0.717, 1.165) is 24.1 Å². The monoisotopic (exact) mass is 414 g/mol. The van der Waals surface area contributed by atoms with Crippen LogP contribution in [0.3, 0.4) is 0 Å². The first-order chi connectivity index (χ1) is 11.1. The molecule has 1 aliphatic carbocycles. The minimum absolute atomic E-state index is 0. The maximum absolute atomic E-state index is 12.5. The number of carbonyl (C=O) groups excluding carboxylic acids is 1. The molecule has 5 heteroatoms. The van der Waals surface area contributed by atoms with E-state index < -0.39 is 0 Å². The molecule has 0 radical (unpaired) electrons. The van der Waals surface area contributed by atoms with E-state index in [1.54, 1.807) is 0 Å². The number of rotatable bonds is 5. The van der Waals surface area contributed by atoms with Crippen molar-refractivity contribution in [3.63, 3.8) is 0 Å². The number of amides is 1. The van der Waals surface area contributed by atoms with Gasteiger partial charge in [0.2, 0.25) is 5.91 Å². The molecule has 1 unspecified atom stereocenters. The van der Waals surface area contributed by atoms with Gasteiger partial charge < -0.3 is 10.6 Å². The second-order valence-corrected chi connectivity index (χ2v) is 8.19. The molecule has 1 atom stereocenters. The van der Waals surface area contributed by atoms with Gasteiger partial charge in [0.15, 0.2) is 0 Å². The van der Waals surface area contributed by atoms with Gasteiger partial charge in [-0.2, -0.15) is 0 Å². The van der Waals surface area contributed by atoms with Gasteiger partial charge in [-0.25, -0.2) is 0 Å². The smallest absolute Gasteiger partial charge is 0.223 e. The van der Waals surface area contributed by atoms with Crippen molar-refractivity contribution in [2.24, 2.45) is 11.8 Å². The third-order valence-corrected chi connectivity index (χ3v) is 6.28. The van der Waals surface area contributed by atoms with Gasteiger partial charge in [-0.3, -0.25) is 4.79 Å². The average molecular weight is 416 g/mol. The molecule has 3 rings (SSSR count). The van der Waals surface area contributed by atoms with Gasteiger partial charge in [-0.1, -0.05) is 54.2 Å². The molecule has 1 saturated carbocycles. The molecule has 1 aromatic carbocycles. The fraction of sp³-hybridized carbons (Fsp3) is 0.632. The maximum Gasteiger partial charge on any atom is 0.223 e.